The Morgan fingerprint density at radius 3 is 2.23 bits per heavy atom. The molecule has 7 aromatic rings. The third-order valence-electron chi connectivity index (χ3n) is 7.55. The SMILES string of the molecule is SC(=Nc1ccccc1)n1c2ccccc2c2cc(-c3ccc4c(c3)-c3cccc5cccc(c35)O4)ccc21. The van der Waals surface area contributed by atoms with Crippen LogP contribution in [0.4, 0.5) is 5.69 Å². The summed E-state index contributed by atoms with van der Waals surface area (Å²) in [6, 6.07) is 44.2. The highest BCUT2D eigenvalue weighted by molar-refractivity contribution is 7.97. The van der Waals surface area contributed by atoms with Crippen LogP contribution in [0.15, 0.2) is 132 Å². The molecule has 0 saturated heterocycles. The van der Waals surface area contributed by atoms with E-state index in [0.717, 1.165) is 44.9 Å². The van der Waals surface area contributed by atoms with E-state index in [-0.39, 0.29) is 0 Å². The monoisotopic (exact) mass is 518 g/mol. The van der Waals surface area contributed by atoms with Gasteiger partial charge in [0.15, 0.2) is 5.17 Å². The number of rotatable bonds is 2. The molecule has 1 aliphatic heterocycles. The molecule has 0 fully saturated rings. The molecule has 8 rings (SSSR count). The van der Waals surface area contributed by atoms with Gasteiger partial charge in [-0.05, 0) is 70.6 Å². The summed E-state index contributed by atoms with van der Waals surface area (Å²) >= 11 is 4.84. The third kappa shape index (κ3) is 3.49. The van der Waals surface area contributed by atoms with Crippen LogP contribution in [-0.4, -0.2) is 9.73 Å². The normalized spacial score (nSPS) is 12.6. The topological polar surface area (TPSA) is 26.5 Å². The third-order valence-corrected chi connectivity index (χ3v) is 7.85. The van der Waals surface area contributed by atoms with Gasteiger partial charge in [-0.1, -0.05) is 78.9 Å². The van der Waals surface area contributed by atoms with Crippen molar-refractivity contribution in [1.82, 2.24) is 4.57 Å². The molecule has 0 saturated carbocycles. The molecule has 0 atom stereocenters. The minimum Gasteiger partial charge on any atom is -0.456 e. The molecule has 6 aromatic carbocycles. The zero-order valence-corrected chi connectivity index (χ0v) is 21.8. The number of hydrogen-bond acceptors (Lipinski definition) is 2. The minimum absolute atomic E-state index is 0.637. The smallest absolute Gasteiger partial charge is 0.170 e. The van der Waals surface area contributed by atoms with E-state index in [9.17, 15) is 0 Å². The van der Waals surface area contributed by atoms with Gasteiger partial charge in [0.25, 0.3) is 0 Å². The molecule has 184 valence electrons. The van der Waals surface area contributed by atoms with E-state index >= 15 is 0 Å². The summed E-state index contributed by atoms with van der Waals surface area (Å²) in [4.78, 5) is 4.80. The van der Waals surface area contributed by atoms with E-state index < -0.39 is 0 Å². The molecular weight excluding hydrogens is 496 g/mol. The second-order valence-electron chi connectivity index (χ2n) is 9.80. The predicted molar refractivity (Wildman–Crippen MR) is 166 cm³/mol. The van der Waals surface area contributed by atoms with Crippen molar-refractivity contribution in [2.24, 2.45) is 4.99 Å². The van der Waals surface area contributed by atoms with Crippen LogP contribution in [0.2, 0.25) is 0 Å². The number of fused-ring (bicyclic) bond motifs is 5. The van der Waals surface area contributed by atoms with Crippen LogP contribution in [-0.2, 0) is 0 Å². The molecular formula is C35H22N2OS. The van der Waals surface area contributed by atoms with Crippen LogP contribution in [0, 0.1) is 0 Å². The first kappa shape index (κ1) is 22.2. The summed E-state index contributed by atoms with van der Waals surface area (Å²) in [5.41, 5.74) is 7.66. The van der Waals surface area contributed by atoms with Gasteiger partial charge in [0, 0.05) is 21.7 Å². The minimum atomic E-state index is 0.637. The fourth-order valence-electron chi connectivity index (χ4n) is 5.78. The molecule has 1 aliphatic rings. The number of aliphatic imine (C=N–C) groups is 1. The van der Waals surface area contributed by atoms with Gasteiger partial charge in [0.1, 0.15) is 11.5 Å². The Balaban J connectivity index is 1.30. The zero-order valence-electron chi connectivity index (χ0n) is 20.9. The van der Waals surface area contributed by atoms with Crippen LogP contribution in [0.3, 0.4) is 0 Å². The van der Waals surface area contributed by atoms with Gasteiger partial charge in [0.2, 0.25) is 0 Å². The Morgan fingerprint density at radius 1 is 0.590 bits per heavy atom. The number of hydrogen-bond donors (Lipinski definition) is 1. The van der Waals surface area contributed by atoms with E-state index in [1.807, 2.05) is 42.5 Å². The van der Waals surface area contributed by atoms with Gasteiger partial charge < -0.3 is 4.74 Å². The van der Waals surface area contributed by atoms with Gasteiger partial charge in [-0.25, -0.2) is 4.99 Å². The van der Waals surface area contributed by atoms with Gasteiger partial charge in [-0.3, -0.25) is 4.57 Å². The molecule has 0 spiro atoms. The van der Waals surface area contributed by atoms with Crippen molar-refractivity contribution >= 4 is 56.1 Å². The van der Waals surface area contributed by atoms with Crippen molar-refractivity contribution in [1.29, 1.82) is 0 Å². The standard InChI is InChI=1S/C35H22N2OS/c39-35(36-25-10-2-1-3-11-25)37-30-14-5-4-12-26(30)28-20-23(16-18-31(28)37)24-17-19-32-29(21-24)27-13-6-8-22-9-7-15-33(38-32)34(22)27/h1-21H,(H,36,39). The first-order valence-corrected chi connectivity index (χ1v) is 13.4. The number of aromatic nitrogens is 1. The van der Waals surface area contributed by atoms with Gasteiger partial charge >= 0.3 is 0 Å². The van der Waals surface area contributed by atoms with Crippen molar-refractivity contribution in [2.75, 3.05) is 0 Å². The molecule has 0 aliphatic carbocycles. The molecule has 0 N–H and O–H groups in total. The Kier molecular flexibility index (Phi) is 4.91. The zero-order chi connectivity index (χ0) is 25.9. The van der Waals surface area contributed by atoms with Gasteiger partial charge in [-0.2, -0.15) is 0 Å². The highest BCUT2D eigenvalue weighted by Gasteiger charge is 2.21. The largest absolute Gasteiger partial charge is 0.456 e. The lowest BCUT2D eigenvalue weighted by molar-refractivity contribution is 0.487. The maximum atomic E-state index is 6.32. The highest BCUT2D eigenvalue weighted by atomic mass is 32.1. The summed E-state index contributed by atoms with van der Waals surface area (Å²) in [5.74, 6) is 1.80. The fourth-order valence-corrected chi connectivity index (χ4v) is 6.11. The first-order valence-electron chi connectivity index (χ1n) is 13.0. The Hall–Kier alpha value is -4.80. The number of benzene rings is 6. The van der Waals surface area contributed by atoms with Crippen molar-refractivity contribution < 1.29 is 4.74 Å². The van der Waals surface area contributed by atoms with E-state index in [4.69, 9.17) is 22.4 Å². The molecule has 0 bridgehead atoms. The average molecular weight is 519 g/mol. The second kappa shape index (κ2) is 8.62. The van der Waals surface area contributed by atoms with Crippen LogP contribution in [0.5, 0.6) is 11.5 Å². The molecule has 3 nitrogen and oxygen atoms in total. The van der Waals surface area contributed by atoms with E-state index in [0.29, 0.717) is 5.17 Å². The molecule has 2 heterocycles. The van der Waals surface area contributed by atoms with Crippen molar-refractivity contribution in [3.8, 4) is 33.8 Å². The van der Waals surface area contributed by atoms with Crippen LogP contribution in [0.25, 0.3) is 54.8 Å². The van der Waals surface area contributed by atoms with Crippen LogP contribution >= 0.6 is 12.6 Å². The lowest BCUT2D eigenvalue weighted by Gasteiger charge is -2.22. The summed E-state index contributed by atoms with van der Waals surface area (Å²) in [6.07, 6.45) is 0. The van der Waals surface area contributed by atoms with Crippen molar-refractivity contribution in [3.05, 3.63) is 127 Å². The molecule has 4 heteroatoms. The predicted octanol–water partition coefficient (Wildman–Crippen LogP) is 9.85. The number of nitrogens with zero attached hydrogens (tertiary/aromatic N) is 2. The second-order valence-corrected chi connectivity index (χ2v) is 10.2. The summed E-state index contributed by atoms with van der Waals surface area (Å²) in [7, 11) is 0. The number of thiol groups is 1. The number of para-hydroxylation sites is 2. The Labute approximate surface area is 231 Å². The fraction of sp³-hybridized carbons (Fsp3) is 0. The van der Waals surface area contributed by atoms with Crippen LogP contribution < -0.4 is 4.74 Å². The molecule has 1 aromatic heterocycles. The van der Waals surface area contributed by atoms with Gasteiger partial charge in [-0.15, -0.1) is 12.6 Å². The lowest BCUT2D eigenvalue weighted by atomic mass is 9.92. The summed E-state index contributed by atoms with van der Waals surface area (Å²) in [6.45, 7) is 0. The van der Waals surface area contributed by atoms with E-state index in [2.05, 4.69) is 89.5 Å². The summed E-state index contributed by atoms with van der Waals surface area (Å²) in [5, 5.41) is 5.33. The van der Waals surface area contributed by atoms with Crippen molar-refractivity contribution in [2.45, 2.75) is 0 Å². The van der Waals surface area contributed by atoms with Gasteiger partial charge in [0.05, 0.1) is 16.7 Å². The van der Waals surface area contributed by atoms with E-state index in [1.165, 1.54) is 27.1 Å². The molecule has 0 radical (unpaired) electrons. The summed E-state index contributed by atoms with van der Waals surface area (Å²) < 4.78 is 8.45. The quantitative estimate of drug-likeness (QED) is 0.138. The average Bonchev–Trinajstić information content (AvgIpc) is 3.32. The number of ether oxygens (including phenoxy) is 1. The first-order chi connectivity index (χ1) is 19.2. The van der Waals surface area contributed by atoms with Crippen molar-refractivity contribution in [3.63, 3.8) is 0 Å². The maximum absolute atomic E-state index is 6.32. The molecule has 0 unspecified atom stereocenters. The Morgan fingerprint density at radius 2 is 1.33 bits per heavy atom. The Bertz CT molecular complexity index is 2100. The van der Waals surface area contributed by atoms with E-state index in [1.54, 1.807) is 0 Å². The highest BCUT2D eigenvalue weighted by Crippen LogP contribution is 2.47. The molecule has 39 heavy (non-hydrogen) atoms. The lowest BCUT2D eigenvalue weighted by Crippen LogP contribution is -2.03. The van der Waals surface area contributed by atoms with Crippen LogP contribution in [0.1, 0.15) is 0 Å². The maximum Gasteiger partial charge on any atom is 0.170 e. The molecule has 0 amide bonds.